The number of carbonyl (C=O) groups is 1. The van der Waals surface area contributed by atoms with E-state index in [1.807, 2.05) is 30.3 Å². The van der Waals surface area contributed by atoms with Crippen LogP contribution in [0.2, 0.25) is 0 Å². The third kappa shape index (κ3) is 4.14. The number of nitrogens with one attached hydrogen (secondary N) is 1. The Morgan fingerprint density at radius 3 is 2.65 bits per heavy atom. The van der Waals surface area contributed by atoms with Crippen LogP contribution in [0.4, 0.5) is 0 Å². The minimum absolute atomic E-state index is 0.132. The maximum absolute atomic E-state index is 12.1. The van der Waals surface area contributed by atoms with Gasteiger partial charge in [-0.15, -0.1) is 0 Å². The molecule has 0 saturated heterocycles. The fourth-order valence-corrected chi connectivity index (χ4v) is 2.93. The van der Waals surface area contributed by atoms with E-state index in [9.17, 15) is 4.79 Å². The standard InChI is InChI=1S/C20H22N2O4/c1-24-15-10-11-16-14(12-15)6-5-7-17(16)21-22-20(23)13-26-19-9-4-3-8-18(19)25-2/h3-4,8-12H,5-7,13H2,1-2H3,(H,22,23). The van der Waals surface area contributed by atoms with Gasteiger partial charge in [0.25, 0.3) is 5.91 Å². The Labute approximate surface area is 152 Å². The minimum Gasteiger partial charge on any atom is -0.497 e. The van der Waals surface area contributed by atoms with Gasteiger partial charge in [-0.2, -0.15) is 5.10 Å². The van der Waals surface area contributed by atoms with E-state index in [4.69, 9.17) is 14.2 Å². The number of amides is 1. The predicted molar refractivity (Wildman–Crippen MR) is 99.1 cm³/mol. The van der Waals surface area contributed by atoms with Gasteiger partial charge in [0.2, 0.25) is 0 Å². The lowest BCUT2D eigenvalue weighted by Gasteiger charge is -2.18. The van der Waals surface area contributed by atoms with Crippen LogP contribution < -0.4 is 19.6 Å². The fourth-order valence-electron chi connectivity index (χ4n) is 2.93. The van der Waals surface area contributed by atoms with Crippen molar-refractivity contribution in [1.29, 1.82) is 0 Å². The Morgan fingerprint density at radius 2 is 1.88 bits per heavy atom. The summed E-state index contributed by atoms with van der Waals surface area (Å²) in [6.07, 6.45) is 2.80. The van der Waals surface area contributed by atoms with E-state index in [-0.39, 0.29) is 12.5 Å². The van der Waals surface area contributed by atoms with Crippen LogP contribution >= 0.6 is 0 Å². The molecule has 0 atom stereocenters. The highest BCUT2D eigenvalue weighted by molar-refractivity contribution is 6.03. The molecule has 0 saturated carbocycles. The number of methoxy groups -OCH3 is 2. The lowest BCUT2D eigenvalue weighted by atomic mass is 9.90. The van der Waals surface area contributed by atoms with Crippen molar-refractivity contribution in [3.05, 3.63) is 53.6 Å². The van der Waals surface area contributed by atoms with E-state index in [2.05, 4.69) is 10.5 Å². The zero-order valence-electron chi connectivity index (χ0n) is 15.0. The number of ether oxygens (including phenoxy) is 3. The van der Waals surface area contributed by atoms with Crippen LogP contribution in [-0.4, -0.2) is 32.4 Å². The first kappa shape index (κ1) is 17.8. The number of fused-ring (bicyclic) bond motifs is 1. The maximum atomic E-state index is 12.1. The summed E-state index contributed by atoms with van der Waals surface area (Å²) in [6, 6.07) is 13.1. The summed E-state index contributed by atoms with van der Waals surface area (Å²) in [7, 11) is 3.21. The molecule has 0 spiro atoms. The quantitative estimate of drug-likeness (QED) is 0.810. The molecule has 6 heteroatoms. The Morgan fingerprint density at radius 1 is 1.08 bits per heavy atom. The van der Waals surface area contributed by atoms with Crippen molar-refractivity contribution in [2.24, 2.45) is 5.10 Å². The van der Waals surface area contributed by atoms with Gasteiger partial charge in [0.05, 0.1) is 19.9 Å². The molecule has 26 heavy (non-hydrogen) atoms. The molecule has 0 bridgehead atoms. The van der Waals surface area contributed by atoms with Crippen LogP contribution in [-0.2, 0) is 11.2 Å². The second-order valence-electron chi connectivity index (χ2n) is 5.91. The number of rotatable bonds is 6. The molecule has 0 radical (unpaired) electrons. The Bertz CT molecular complexity index is 817. The molecule has 0 aliphatic heterocycles. The van der Waals surface area contributed by atoms with Gasteiger partial charge in [0.15, 0.2) is 18.1 Å². The van der Waals surface area contributed by atoms with Crippen molar-refractivity contribution in [1.82, 2.24) is 5.43 Å². The van der Waals surface area contributed by atoms with Crippen molar-refractivity contribution in [2.75, 3.05) is 20.8 Å². The molecule has 0 unspecified atom stereocenters. The number of nitrogens with zero attached hydrogens (tertiary/aromatic N) is 1. The highest BCUT2D eigenvalue weighted by atomic mass is 16.5. The lowest BCUT2D eigenvalue weighted by Crippen LogP contribution is -2.27. The van der Waals surface area contributed by atoms with Gasteiger partial charge in [0, 0.05) is 5.56 Å². The van der Waals surface area contributed by atoms with E-state index in [0.29, 0.717) is 11.5 Å². The normalized spacial score (nSPS) is 14.5. The highest BCUT2D eigenvalue weighted by Crippen LogP contribution is 2.26. The summed E-state index contributed by atoms with van der Waals surface area (Å²) in [4.78, 5) is 12.1. The van der Waals surface area contributed by atoms with E-state index < -0.39 is 0 Å². The lowest BCUT2D eigenvalue weighted by molar-refractivity contribution is -0.123. The molecule has 1 amide bonds. The van der Waals surface area contributed by atoms with Crippen molar-refractivity contribution < 1.29 is 19.0 Å². The smallest absolute Gasteiger partial charge is 0.277 e. The summed E-state index contributed by atoms with van der Waals surface area (Å²) in [5, 5.41) is 4.30. The first-order valence-electron chi connectivity index (χ1n) is 8.49. The zero-order chi connectivity index (χ0) is 18.4. The van der Waals surface area contributed by atoms with E-state index in [0.717, 1.165) is 36.3 Å². The molecule has 1 aliphatic carbocycles. The monoisotopic (exact) mass is 354 g/mol. The number of benzene rings is 2. The topological polar surface area (TPSA) is 69.2 Å². The van der Waals surface area contributed by atoms with Gasteiger partial charge in [-0.1, -0.05) is 12.1 Å². The summed E-state index contributed by atoms with van der Waals surface area (Å²) in [6.45, 7) is -0.132. The van der Waals surface area contributed by atoms with Crippen molar-refractivity contribution >= 4 is 11.6 Å². The summed E-state index contributed by atoms with van der Waals surface area (Å²) < 4.78 is 16.0. The van der Waals surface area contributed by atoms with Crippen molar-refractivity contribution in [2.45, 2.75) is 19.3 Å². The molecule has 136 valence electrons. The van der Waals surface area contributed by atoms with E-state index in [1.165, 1.54) is 5.56 Å². The number of hydrogen-bond acceptors (Lipinski definition) is 5. The van der Waals surface area contributed by atoms with Gasteiger partial charge >= 0.3 is 0 Å². The van der Waals surface area contributed by atoms with Gasteiger partial charge in [0.1, 0.15) is 5.75 Å². The summed E-state index contributed by atoms with van der Waals surface area (Å²) >= 11 is 0. The minimum atomic E-state index is -0.316. The third-order valence-corrected chi connectivity index (χ3v) is 4.23. The van der Waals surface area contributed by atoms with E-state index >= 15 is 0 Å². The fraction of sp³-hybridized carbons (Fsp3) is 0.300. The Hall–Kier alpha value is -3.02. The largest absolute Gasteiger partial charge is 0.497 e. The zero-order valence-corrected chi connectivity index (χ0v) is 15.0. The molecule has 2 aromatic rings. The van der Waals surface area contributed by atoms with E-state index in [1.54, 1.807) is 26.4 Å². The maximum Gasteiger partial charge on any atom is 0.277 e. The van der Waals surface area contributed by atoms with Crippen LogP contribution in [0.5, 0.6) is 17.2 Å². The third-order valence-electron chi connectivity index (χ3n) is 4.23. The molecule has 1 aliphatic rings. The second-order valence-corrected chi connectivity index (χ2v) is 5.91. The summed E-state index contributed by atoms with van der Waals surface area (Å²) in [5.74, 6) is 1.62. The number of hydrogen-bond donors (Lipinski definition) is 1. The van der Waals surface area contributed by atoms with Crippen LogP contribution in [0.15, 0.2) is 47.6 Å². The first-order valence-corrected chi connectivity index (χ1v) is 8.49. The van der Waals surface area contributed by atoms with Gasteiger partial charge in [-0.3, -0.25) is 4.79 Å². The molecule has 1 N–H and O–H groups in total. The Kier molecular flexibility index (Phi) is 5.73. The molecule has 0 fully saturated rings. The van der Waals surface area contributed by atoms with Crippen LogP contribution in [0.3, 0.4) is 0 Å². The highest BCUT2D eigenvalue weighted by Gasteiger charge is 2.17. The molecule has 6 nitrogen and oxygen atoms in total. The van der Waals surface area contributed by atoms with Gasteiger partial charge < -0.3 is 14.2 Å². The molecule has 2 aromatic carbocycles. The van der Waals surface area contributed by atoms with Crippen LogP contribution in [0.1, 0.15) is 24.0 Å². The SMILES string of the molecule is COc1ccc2c(c1)CCCC2=NNC(=O)COc1ccccc1OC. The first-order chi connectivity index (χ1) is 12.7. The molecule has 3 rings (SSSR count). The second kappa shape index (κ2) is 8.38. The molecule has 0 heterocycles. The molecular weight excluding hydrogens is 332 g/mol. The number of para-hydroxylation sites is 2. The number of aryl methyl sites for hydroxylation is 1. The van der Waals surface area contributed by atoms with Gasteiger partial charge in [-0.25, -0.2) is 5.43 Å². The van der Waals surface area contributed by atoms with Gasteiger partial charge in [-0.05, 0) is 55.2 Å². The van der Waals surface area contributed by atoms with Crippen LogP contribution in [0.25, 0.3) is 0 Å². The molecule has 0 aromatic heterocycles. The van der Waals surface area contributed by atoms with Crippen molar-refractivity contribution in [3.8, 4) is 17.2 Å². The Balaban J connectivity index is 1.62. The summed E-state index contributed by atoms with van der Waals surface area (Å²) in [5.41, 5.74) is 5.70. The molecular formula is C20H22N2O4. The van der Waals surface area contributed by atoms with Crippen molar-refractivity contribution in [3.63, 3.8) is 0 Å². The average Bonchev–Trinajstić information content (AvgIpc) is 2.70. The predicted octanol–water partition coefficient (Wildman–Crippen LogP) is 2.94. The number of hydrazone groups is 1. The average molecular weight is 354 g/mol. The number of carbonyl (C=O) groups excluding carboxylic acids is 1. The van der Waals surface area contributed by atoms with Crippen LogP contribution in [0, 0.1) is 0 Å².